The van der Waals surface area contributed by atoms with Gasteiger partial charge >= 0.3 is 0 Å². The van der Waals surface area contributed by atoms with Crippen LogP contribution >= 0.6 is 0 Å². The predicted molar refractivity (Wildman–Crippen MR) is 65.7 cm³/mol. The Balaban J connectivity index is 1.93. The molecule has 0 amide bonds. The van der Waals surface area contributed by atoms with Crippen LogP contribution in [0.25, 0.3) is 11.4 Å². The van der Waals surface area contributed by atoms with Crippen molar-refractivity contribution in [1.29, 1.82) is 0 Å². The fourth-order valence-corrected chi connectivity index (χ4v) is 2.15. The SMILES string of the molecule is CCN(c1cccc(-c2nn[nH]n2)c1)C1CC1. The van der Waals surface area contributed by atoms with E-state index in [2.05, 4.69) is 44.6 Å². The van der Waals surface area contributed by atoms with Crippen molar-refractivity contribution < 1.29 is 0 Å². The van der Waals surface area contributed by atoms with Crippen molar-refractivity contribution in [2.24, 2.45) is 0 Å². The molecule has 1 aromatic carbocycles. The van der Waals surface area contributed by atoms with E-state index in [0.29, 0.717) is 5.82 Å². The zero-order valence-electron chi connectivity index (χ0n) is 9.80. The van der Waals surface area contributed by atoms with E-state index in [0.717, 1.165) is 18.2 Å². The first kappa shape index (κ1) is 10.3. The lowest BCUT2D eigenvalue weighted by Crippen LogP contribution is -2.24. The number of aromatic amines is 1. The summed E-state index contributed by atoms with van der Waals surface area (Å²) in [5.41, 5.74) is 2.26. The van der Waals surface area contributed by atoms with Crippen molar-refractivity contribution in [2.45, 2.75) is 25.8 Å². The zero-order valence-corrected chi connectivity index (χ0v) is 9.80. The van der Waals surface area contributed by atoms with E-state index in [1.54, 1.807) is 0 Å². The Hall–Kier alpha value is -1.91. The fraction of sp³-hybridized carbons (Fsp3) is 0.417. The van der Waals surface area contributed by atoms with Crippen LogP contribution in [-0.2, 0) is 0 Å². The van der Waals surface area contributed by atoms with Gasteiger partial charge < -0.3 is 4.90 Å². The van der Waals surface area contributed by atoms with Gasteiger partial charge in [-0.3, -0.25) is 0 Å². The van der Waals surface area contributed by atoms with Crippen molar-refractivity contribution >= 4 is 5.69 Å². The normalized spacial score (nSPS) is 14.9. The predicted octanol–water partition coefficient (Wildman–Crippen LogP) is 1.86. The Kier molecular flexibility index (Phi) is 2.51. The summed E-state index contributed by atoms with van der Waals surface area (Å²) in [4.78, 5) is 2.43. The van der Waals surface area contributed by atoms with E-state index in [9.17, 15) is 0 Å². The van der Waals surface area contributed by atoms with Crippen LogP contribution in [0.5, 0.6) is 0 Å². The number of hydrogen-bond donors (Lipinski definition) is 1. The molecule has 1 saturated carbocycles. The highest BCUT2D eigenvalue weighted by Gasteiger charge is 2.28. The molecule has 1 aliphatic carbocycles. The second kappa shape index (κ2) is 4.16. The molecule has 0 radical (unpaired) electrons. The van der Waals surface area contributed by atoms with Crippen LogP contribution in [0.4, 0.5) is 5.69 Å². The number of rotatable bonds is 4. The van der Waals surface area contributed by atoms with Gasteiger partial charge in [0, 0.05) is 23.8 Å². The summed E-state index contributed by atoms with van der Waals surface area (Å²) in [6.45, 7) is 3.24. The molecule has 5 nitrogen and oxygen atoms in total. The Morgan fingerprint density at radius 2 is 2.29 bits per heavy atom. The summed E-state index contributed by atoms with van der Waals surface area (Å²) in [7, 11) is 0. The largest absolute Gasteiger partial charge is 0.369 e. The van der Waals surface area contributed by atoms with Gasteiger partial charge in [0.2, 0.25) is 5.82 Å². The number of nitrogens with one attached hydrogen (secondary N) is 1. The van der Waals surface area contributed by atoms with E-state index >= 15 is 0 Å². The second-order valence-electron chi connectivity index (χ2n) is 4.30. The van der Waals surface area contributed by atoms with E-state index < -0.39 is 0 Å². The lowest BCUT2D eigenvalue weighted by Gasteiger charge is -2.23. The number of tetrazole rings is 1. The van der Waals surface area contributed by atoms with Gasteiger partial charge in [0.1, 0.15) is 0 Å². The van der Waals surface area contributed by atoms with Gasteiger partial charge in [0.05, 0.1) is 0 Å². The monoisotopic (exact) mass is 229 g/mol. The third-order valence-corrected chi connectivity index (χ3v) is 3.11. The van der Waals surface area contributed by atoms with E-state index in [1.807, 2.05) is 12.1 Å². The molecule has 1 N–H and O–H groups in total. The van der Waals surface area contributed by atoms with E-state index in [1.165, 1.54) is 18.5 Å². The molecule has 0 saturated heterocycles. The summed E-state index contributed by atoms with van der Waals surface area (Å²) in [5.74, 6) is 0.652. The van der Waals surface area contributed by atoms with Crippen LogP contribution in [0.3, 0.4) is 0 Å². The molecule has 0 aliphatic heterocycles. The number of aromatic nitrogens is 4. The minimum absolute atomic E-state index is 0.652. The minimum Gasteiger partial charge on any atom is -0.369 e. The fourth-order valence-electron chi connectivity index (χ4n) is 2.15. The highest BCUT2D eigenvalue weighted by atomic mass is 15.5. The molecule has 17 heavy (non-hydrogen) atoms. The van der Waals surface area contributed by atoms with Crippen LogP contribution in [0.2, 0.25) is 0 Å². The molecule has 1 aromatic heterocycles. The van der Waals surface area contributed by atoms with Gasteiger partial charge in [-0.2, -0.15) is 5.21 Å². The molecule has 2 aromatic rings. The maximum Gasteiger partial charge on any atom is 0.204 e. The van der Waals surface area contributed by atoms with Gasteiger partial charge in [-0.1, -0.05) is 12.1 Å². The molecular formula is C12H15N5. The van der Waals surface area contributed by atoms with Crippen LogP contribution in [0.15, 0.2) is 24.3 Å². The van der Waals surface area contributed by atoms with Crippen molar-refractivity contribution in [2.75, 3.05) is 11.4 Å². The number of benzene rings is 1. The van der Waals surface area contributed by atoms with Crippen LogP contribution in [0.1, 0.15) is 19.8 Å². The topological polar surface area (TPSA) is 57.7 Å². The lowest BCUT2D eigenvalue weighted by atomic mass is 10.1. The highest BCUT2D eigenvalue weighted by Crippen LogP contribution is 2.32. The van der Waals surface area contributed by atoms with Crippen molar-refractivity contribution in [3.8, 4) is 11.4 Å². The molecule has 3 rings (SSSR count). The summed E-state index contributed by atoms with van der Waals surface area (Å²) in [6, 6.07) is 9.06. The molecule has 88 valence electrons. The molecule has 0 bridgehead atoms. The molecule has 0 spiro atoms. The molecular weight excluding hydrogens is 214 g/mol. The van der Waals surface area contributed by atoms with E-state index in [-0.39, 0.29) is 0 Å². The first-order chi connectivity index (χ1) is 8.38. The molecule has 5 heteroatoms. The first-order valence-corrected chi connectivity index (χ1v) is 5.99. The Morgan fingerprint density at radius 1 is 1.41 bits per heavy atom. The van der Waals surface area contributed by atoms with Gasteiger partial charge in [-0.05, 0) is 37.1 Å². The number of nitrogens with zero attached hydrogens (tertiary/aromatic N) is 4. The van der Waals surface area contributed by atoms with Crippen LogP contribution < -0.4 is 4.90 Å². The van der Waals surface area contributed by atoms with Gasteiger partial charge in [-0.25, -0.2) is 0 Å². The lowest BCUT2D eigenvalue weighted by molar-refractivity contribution is 0.826. The van der Waals surface area contributed by atoms with E-state index in [4.69, 9.17) is 0 Å². The summed E-state index contributed by atoms with van der Waals surface area (Å²) >= 11 is 0. The molecule has 0 atom stereocenters. The number of hydrogen-bond acceptors (Lipinski definition) is 4. The van der Waals surface area contributed by atoms with Gasteiger partial charge in [0.25, 0.3) is 0 Å². The Labute approximate surface area is 99.8 Å². The summed E-state index contributed by atoms with van der Waals surface area (Å²) in [5, 5.41) is 14.1. The first-order valence-electron chi connectivity index (χ1n) is 5.99. The number of H-pyrrole nitrogens is 1. The smallest absolute Gasteiger partial charge is 0.204 e. The molecule has 1 heterocycles. The van der Waals surface area contributed by atoms with Gasteiger partial charge in [0.15, 0.2) is 0 Å². The Morgan fingerprint density at radius 3 is 2.94 bits per heavy atom. The maximum atomic E-state index is 4.01. The standard InChI is InChI=1S/C12H15N5/c1-2-17(10-6-7-10)11-5-3-4-9(8-11)12-13-15-16-14-12/h3-5,8,10H,2,6-7H2,1H3,(H,13,14,15,16). The Bertz CT molecular complexity index is 489. The zero-order chi connectivity index (χ0) is 11.7. The maximum absolute atomic E-state index is 4.01. The summed E-state index contributed by atoms with van der Waals surface area (Å²) in [6.07, 6.45) is 2.61. The van der Waals surface area contributed by atoms with Crippen LogP contribution in [0, 0.1) is 0 Å². The number of anilines is 1. The highest BCUT2D eigenvalue weighted by molar-refractivity contribution is 5.63. The third kappa shape index (κ3) is 2.00. The van der Waals surface area contributed by atoms with Crippen LogP contribution in [-0.4, -0.2) is 33.2 Å². The molecule has 1 aliphatic rings. The average molecular weight is 229 g/mol. The van der Waals surface area contributed by atoms with Gasteiger partial charge in [-0.15, -0.1) is 10.2 Å². The van der Waals surface area contributed by atoms with Crippen molar-refractivity contribution in [3.63, 3.8) is 0 Å². The molecule has 0 unspecified atom stereocenters. The summed E-state index contributed by atoms with van der Waals surface area (Å²) < 4.78 is 0. The third-order valence-electron chi connectivity index (χ3n) is 3.11. The second-order valence-corrected chi connectivity index (χ2v) is 4.30. The minimum atomic E-state index is 0.652. The quantitative estimate of drug-likeness (QED) is 0.869. The average Bonchev–Trinajstić information content (AvgIpc) is 3.05. The van der Waals surface area contributed by atoms with Crippen molar-refractivity contribution in [1.82, 2.24) is 20.6 Å². The molecule has 1 fully saturated rings. The van der Waals surface area contributed by atoms with Crippen molar-refractivity contribution in [3.05, 3.63) is 24.3 Å².